The number of aliphatic carboxylic acids is 1. The number of carbonyl (C=O) groups is 1. The van der Waals surface area contributed by atoms with E-state index in [1.807, 2.05) is 0 Å². The van der Waals surface area contributed by atoms with Gasteiger partial charge < -0.3 is 5.11 Å². The lowest BCUT2D eigenvalue weighted by Gasteiger charge is -2.04. The van der Waals surface area contributed by atoms with Gasteiger partial charge in [0, 0.05) is 18.9 Å². The topological polar surface area (TPSA) is 96.4 Å². The minimum Gasteiger partial charge on any atom is -0.481 e. The Morgan fingerprint density at radius 1 is 1.50 bits per heavy atom. The summed E-state index contributed by atoms with van der Waals surface area (Å²) in [5.74, 6) is -1.55. The highest BCUT2D eigenvalue weighted by molar-refractivity contribution is 7.89. The van der Waals surface area contributed by atoms with E-state index in [4.69, 9.17) is 5.11 Å². The highest BCUT2D eigenvalue weighted by Crippen LogP contribution is 1.97. The van der Waals surface area contributed by atoms with E-state index in [1.54, 1.807) is 24.5 Å². The summed E-state index contributed by atoms with van der Waals surface area (Å²) in [6.07, 6.45) is 2.73. The number of sulfonamides is 1. The molecule has 0 spiro atoms. The summed E-state index contributed by atoms with van der Waals surface area (Å²) in [6, 6.07) is 3.42. The van der Waals surface area contributed by atoms with Gasteiger partial charge in [-0.25, -0.2) is 13.1 Å². The molecule has 0 fully saturated rings. The maximum Gasteiger partial charge on any atom is 0.304 e. The van der Waals surface area contributed by atoms with Gasteiger partial charge in [-0.15, -0.1) is 0 Å². The molecule has 6 nitrogen and oxygen atoms in total. The van der Waals surface area contributed by atoms with Crippen LogP contribution in [0.5, 0.6) is 0 Å². The van der Waals surface area contributed by atoms with E-state index in [-0.39, 0.29) is 6.54 Å². The Hall–Kier alpha value is -1.47. The van der Waals surface area contributed by atoms with E-state index in [9.17, 15) is 13.2 Å². The molecule has 0 aliphatic carbocycles. The Bertz CT molecular complexity index is 444. The van der Waals surface area contributed by atoms with Gasteiger partial charge in [0.05, 0.1) is 12.2 Å². The molecule has 1 aromatic rings. The van der Waals surface area contributed by atoms with E-state index >= 15 is 0 Å². The number of carboxylic acid groups (broad SMARTS) is 1. The van der Waals surface area contributed by atoms with Crippen LogP contribution in [0.25, 0.3) is 0 Å². The summed E-state index contributed by atoms with van der Waals surface area (Å²) in [4.78, 5) is 14.0. The number of nitrogens with zero attached hydrogens (tertiary/aromatic N) is 1. The first-order chi connectivity index (χ1) is 7.49. The summed E-state index contributed by atoms with van der Waals surface area (Å²) >= 11 is 0. The third kappa shape index (κ3) is 4.85. The Morgan fingerprint density at radius 2 is 2.25 bits per heavy atom. The van der Waals surface area contributed by atoms with Crippen molar-refractivity contribution in [2.45, 2.75) is 13.0 Å². The number of aromatic nitrogens is 1. The number of hydrogen-bond donors (Lipinski definition) is 2. The molecule has 0 atom stereocenters. The third-order valence-corrected chi connectivity index (χ3v) is 3.13. The zero-order valence-electron chi connectivity index (χ0n) is 8.46. The molecule has 0 unspecified atom stereocenters. The largest absolute Gasteiger partial charge is 0.481 e. The molecular weight excluding hydrogens is 232 g/mol. The van der Waals surface area contributed by atoms with E-state index in [1.165, 1.54) is 0 Å². The summed E-state index contributed by atoms with van der Waals surface area (Å²) in [5.41, 5.74) is 0.724. The third-order valence-electron chi connectivity index (χ3n) is 1.80. The average molecular weight is 244 g/mol. The van der Waals surface area contributed by atoms with Crippen molar-refractivity contribution in [2.24, 2.45) is 0 Å². The molecule has 88 valence electrons. The van der Waals surface area contributed by atoms with E-state index in [0.717, 1.165) is 5.56 Å². The normalized spacial score (nSPS) is 11.2. The van der Waals surface area contributed by atoms with Crippen LogP contribution in [0, 0.1) is 0 Å². The number of hydrogen-bond acceptors (Lipinski definition) is 4. The zero-order valence-corrected chi connectivity index (χ0v) is 9.27. The fourth-order valence-electron chi connectivity index (χ4n) is 0.990. The minimum atomic E-state index is -3.53. The first-order valence-electron chi connectivity index (χ1n) is 4.57. The van der Waals surface area contributed by atoms with Crippen molar-refractivity contribution in [1.29, 1.82) is 0 Å². The number of carboxylic acids is 1. The van der Waals surface area contributed by atoms with Gasteiger partial charge in [0.25, 0.3) is 0 Å². The monoisotopic (exact) mass is 244 g/mol. The second-order valence-corrected chi connectivity index (χ2v) is 5.07. The molecule has 0 aliphatic rings. The second-order valence-electron chi connectivity index (χ2n) is 3.14. The van der Waals surface area contributed by atoms with E-state index in [0.29, 0.717) is 0 Å². The Kier molecular flexibility index (Phi) is 4.39. The molecule has 0 saturated heterocycles. The van der Waals surface area contributed by atoms with Crippen LogP contribution in [0.2, 0.25) is 0 Å². The molecule has 0 saturated carbocycles. The van der Waals surface area contributed by atoms with Crippen molar-refractivity contribution < 1.29 is 18.3 Å². The summed E-state index contributed by atoms with van der Waals surface area (Å²) in [5, 5.41) is 8.36. The fraction of sp³-hybridized carbons (Fsp3) is 0.333. The van der Waals surface area contributed by atoms with Gasteiger partial charge in [-0.05, 0) is 11.6 Å². The number of nitrogens with one attached hydrogen (secondary N) is 1. The molecule has 0 bridgehead atoms. The predicted octanol–water partition coefficient (Wildman–Crippen LogP) is -0.0243. The molecule has 0 aliphatic heterocycles. The summed E-state index contributed by atoms with van der Waals surface area (Å²) in [7, 11) is -3.53. The van der Waals surface area contributed by atoms with Crippen molar-refractivity contribution in [3.05, 3.63) is 30.1 Å². The van der Waals surface area contributed by atoms with Crippen LogP contribution in [-0.4, -0.2) is 30.2 Å². The standard InChI is InChI=1S/C9H12N2O4S/c12-9(13)3-5-16(14,15)11-7-8-2-1-4-10-6-8/h1-2,4,6,11H,3,5,7H2,(H,12,13). The van der Waals surface area contributed by atoms with Gasteiger partial charge in [0.1, 0.15) is 0 Å². The fourth-order valence-corrected chi connectivity index (χ4v) is 1.96. The molecular formula is C9H12N2O4S. The smallest absolute Gasteiger partial charge is 0.304 e. The highest BCUT2D eigenvalue weighted by atomic mass is 32.2. The van der Waals surface area contributed by atoms with Crippen LogP contribution in [-0.2, 0) is 21.4 Å². The van der Waals surface area contributed by atoms with Gasteiger partial charge in [-0.2, -0.15) is 0 Å². The molecule has 0 aromatic carbocycles. The van der Waals surface area contributed by atoms with E-state index in [2.05, 4.69) is 9.71 Å². The van der Waals surface area contributed by atoms with Crippen LogP contribution < -0.4 is 4.72 Å². The van der Waals surface area contributed by atoms with Gasteiger partial charge in [-0.3, -0.25) is 9.78 Å². The predicted molar refractivity (Wildman–Crippen MR) is 57.1 cm³/mol. The van der Waals surface area contributed by atoms with Crippen LogP contribution in [0.1, 0.15) is 12.0 Å². The molecule has 1 heterocycles. The van der Waals surface area contributed by atoms with Crippen LogP contribution in [0.3, 0.4) is 0 Å². The lowest BCUT2D eigenvalue weighted by atomic mass is 10.3. The second kappa shape index (κ2) is 5.57. The van der Waals surface area contributed by atoms with Crippen molar-refractivity contribution in [3.63, 3.8) is 0 Å². The van der Waals surface area contributed by atoms with Gasteiger partial charge in [0.15, 0.2) is 0 Å². The highest BCUT2D eigenvalue weighted by Gasteiger charge is 2.12. The molecule has 2 N–H and O–H groups in total. The first-order valence-corrected chi connectivity index (χ1v) is 6.23. The Morgan fingerprint density at radius 3 is 2.81 bits per heavy atom. The summed E-state index contributed by atoms with van der Waals surface area (Å²) in [6.45, 7) is 0.121. The van der Waals surface area contributed by atoms with Crippen molar-refractivity contribution in [1.82, 2.24) is 9.71 Å². The first kappa shape index (κ1) is 12.6. The number of rotatable bonds is 6. The maximum absolute atomic E-state index is 11.3. The molecule has 16 heavy (non-hydrogen) atoms. The van der Waals surface area contributed by atoms with Crippen molar-refractivity contribution >= 4 is 16.0 Å². The zero-order chi connectivity index (χ0) is 12.0. The number of pyridine rings is 1. The van der Waals surface area contributed by atoms with Crippen molar-refractivity contribution in [3.8, 4) is 0 Å². The molecule has 0 amide bonds. The average Bonchev–Trinajstić information content (AvgIpc) is 2.26. The lowest BCUT2D eigenvalue weighted by Crippen LogP contribution is -2.27. The minimum absolute atomic E-state index is 0.121. The molecule has 0 radical (unpaired) electrons. The van der Waals surface area contributed by atoms with Crippen LogP contribution in [0.4, 0.5) is 0 Å². The van der Waals surface area contributed by atoms with Crippen LogP contribution in [0.15, 0.2) is 24.5 Å². The maximum atomic E-state index is 11.3. The van der Waals surface area contributed by atoms with E-state index < -0.39 is 28.2 Å². The van der Waals surface area contributed by atoms with Crippen LogP contribution >= 0.6 is 0 Å². The van der Waals surface area contributed by atoms with Crippen molar-refractivity contribution in [2.75, 3.05) is 5.75 Å². The quantitative estimate of drug-likeness (QED) is 0.732. The molecule has 7 heteroatoms. The molecule has 1 rings (SSSR count). The Balaban J connectivity index is 2.45. The van der Waals surface area contributed by atoms with Gasteiger partial charge in [-0.1, -0.05) is 6.07 Å². The molecule has 1 aromatic heterocycles. The van der Waals surface area contributed by atoms with Gasteiger partial charge >= 0.3 is 5.97 Å². The van der Waals surface area contributed by atoms with Gasteiger partial charge in [0.2, 0.25) is 10.0 Å². The Labute approximate surface area is 93.4 Å². The lowest BCUT2D eigenvalue weighted by molar-refractivity contribution is -0.136. The summed E-state index contributed by atoms with van der Waals surface area (Å²) < 4.78 is 24.9. The SMILES string of the molecule is O=C(O)CCS(=O)(=O)NCc1cccnc1.